The van der Waals surface area contributed by atoms with Crippen LogP contribution in [-0.4, -0.2) is 26.8 Å². The minimum Gasteiger partial charge on any atom is -0.497 e. The summed E-state index contributed by atoms with van der Waals surface area (Å²) >= 11 is 5.28. The number of nitro groups is 1. The number of ether oxygens (including phenoxy) is 1. The minimum absolute atomic E-state index is 0.00213. The van der Waals surface area contributed by atoms with E-state index in [-0.39, 0.29) is 5.69 Å². The number of methoxy groups -OCH3 is 1. The molecule has 0 fully saturated rings. The highest BCUT2D eigenvalue weighted by Gasteiger charge is 2.14. The van der Waals surface area contributed by atoms with E-state index in [0.29, 0.717) is 16.2 Å². The molecule has 116 valence electrons. The van der Waals surface area contributed by atoms with Crippen LogP contribution < -0.4 is 4.74 Å². The van der Waals surface area contributed by atoms with Crippen molar-refractivity contribution in [3.8, 4) is 22.8 Å². The Hall–Kier alpha value is -3.00. The van der Waals surface area contributed by atoms with Crippen LogP contribution in [0, 0.1) is 14.9 Å². The van der Waals surface area contributed by atoms with Gasteiger partial charge in [0.05, 0.1) is 17.7 Å². The maximum absolute atomic E-state index is 11.0. The zero-order valence-corrected chi connectivity index (χ0v) is 12.9. The molecule has 2 aromatic carbocycles. The molecule has 3 rings (SSSR count). The lowest BCUT2D eigenvalue weighted by atomic mass is 10.2. The van der Waals surface area contributed by atoms with E-state index in [4.69, 9.17) is 17.0 Å². The quantitative estimate of drug-likeness (QED) is 0.450. The summed E-state index contributed by atoms with van der Waals surface area (Å²) in [6.07, 6.45) is 0. The molecule has 3 aromatic rings. The van der Waals surface area contributed by atoms with Gasteiger partial charge >= 0.3 is 0 Å². The fourth-order valence-electron chi connectivity index (χ4n) is 2.22. The van der Waals surface area contributed by atoms with Crippen molar-refractivity contribution in [2.45, 2.75) is 0 Å². The van der Waals surface area contributed by atoms with Crippen molar-refractivity contribution in [1.82, 2.24) is 14.8 Å². The van der Waals surface area contributed by atoms with E-state index in [1.54, 1.807) is 35.9 Å². The molecule has 23 heavy (non-hydrogen) atoms. The van der Waals surface area contributed by atoms with Crippen molar-refractivity contribution < 1.29 is 9.66 Å². The minimum atomic E-state index is -0.442. The molecule has 8 heteroatoms. The fraction of sp³-hybridized carbons (Fsp3) is 0.0667. The average molecular weight is 328 g/mol. The third kappa shape index (κ3) is 2.84. The normalized spacial score (nSPS) is 10.5. The topological polar surface area (TPSA) is 86.0 Å². The molecule has 0 spiro atoms. The molecule has 1 N–H and O–H groups in total. The molecule has 0 aliphatic carbocycles. The van der Waals surface area contributed by atoms with E-state index in [1.807, 2.05) is 12.1 Å². The highest BCUT2D eigenvalue weighted by Crippen LogP contribution is 2.25. The van der Waals surface area contributed by atoms with Crippen LogP contribution in [0.2, 0.25) is 0 Å². The van der Waals surface area contributed by atoms with Crippen molar-refractivity contribution in [3.63, 3.8) is 0 Å². The molecule has 0 unspecified atom stereocenters. The standard InChI is InChI=1S/C15H12N4O3S/c1-22-13-7-5-11(6-8-13)18-14(16-17-15(18)23)10-3-2-4-12(9-10)19(20)21/h2-9H,1H3,(H,17,23). The van der Waals surface area contributed by atoms with Crippen molar-refractivity contribution >= 4 is 17.9 Å². The zero-order valence-electron chi connectivity index (χ0n) is 12.1. The monoisotopic (exact) mass is 328 g/mol. The second-order valence-electron chi connectivity index (χ2n) is 4.69. The molecule has 1 heterocycles. The molecular formula is C15H12N4O3S. The Bertz CT molecular complexity index is 915. The van der Waals surface area contributed by atoms with Crippen molar-refractivity contribution in [3.05, 3.63) is 63.4 Å². The van der Waals surface area contributed by atoms with Crippen LogP contribution >= 0.6 is 12.2 Å². The van der Waals surface area contributed by atoms with Gasteiger partial charge in [-0.1, -0.05) is 12.1 Å². The lowest BCUT2D eigenvalue weighted by molar-refractivity contribution is -0.384. The molecule has 0 atom stereocenters. The van der Waals surface area contributed by atoms with Crippen LogP contribution in [0.4, 0.5) is 5.69 Å². The Balaban J connectivity index is 2.13. The number of H-pyrrole nitrogens is 1. The summed E-state index contributed by atoms with van der Waals surface area (Å²) in [5.41, 5.74) is 1.38. The van der Waals surface area contributed by atoms with Crippen molar-refractivity contribution in [2.75, 3.05) is 7.11 Å². The first-order valence-corrected chi connectivity index (χ1v) is 7.07. The summed E-state index contributed by atoms with van der Waals surface area (Å²) in [6.45, 7) is 0. The first kappa shape index (κ1) is 14.9. The lowest BCUT2D eigenvalue weighted by Gasteiger charge is -2.08. The molecule has 0 aliphatic rings. The van der Waals surface area contributed by atoms with Crippen LogP contribution in [0.3, 0.4) is 0 Å². The van der Waals surface area contributed by atoms with Gasteiger partial charge in [-0.15, -0.1) is 0 Å². The van der Waals surface area contributed by atoms with Crippen molar-refractivity contribution in [1.29, 1.82) is 0 Å². The number of aromatic amines is 1. The Labute approximate surface area is 136 Å². The Morgan fingerprint density at radius 1 is 1.26 bits per heavy atom. The van der Waals surface area contributed by atoms with E-state index in [2.05, 4.69) is 10.2 Å². The third-order valence-corrected chi connectivity index (χ3v) is 3.59. The lowest BCUT2D eigenvalue weighted by Crippen LogP contribution is -1.98. The van der Waals surface area contributed by atoms with Gasteiger partial charge in [0.1, 0.15) is 5.75 Å². The molecule has 0 bridgehead atoms. The van der Waals surface area contributed by atoms with Crippen LogP contribution in [0.1, 0.15) is 0 Å². The van der Waals surface area contributed by atoms with E-state index in [1.165, 1.54) is 12.1 Å². The van der Waals surface area contributed by atoms with E-state index < -0.39 is 4.92 Å². The molecule has 0 aliphatic heterocycles. The van der Waals surface area contributed by atoms with Gasteiger partial charge in [0.2, 0.25) is 0 Å². The Kier molecular flexibility index (Phi) is 3.90. The highest BCUT2D eigenvalue weighted by molar-refractivity contribution is 7.71. The van der Waals surface area contributed by atoms with Gasteiger partial charge in [0.25, 0.3) is 5.69 Å². The molecule has 1 aromatic heterocycles. The van der Waals surface area contributed by atoms with Gasteiger partial charge in [-0.2, -0.15) is 5.10 Å². The summed E-state index contributed by atoms with van der Waals surface area (Å²) in [5, 5.41) is 17.9. The van der Waals surface area contributed by atoms with E-state index >= 15 is 0 Å². The summed E-state index contributed by atoms with van der Waals surface area (Å²) < 4.78 is 7.26. The zero-order chi connectivity index (χ0) is 16.4. The number of benzene rings is 2. The van der Waals surface area contributed by atoms with Crippen LogP contribution in [0.15, 0.2) is 48.5 Å². The number of aromatic nitrogens is 3. The Morgan fingerprint density at radius 2 is 2.00 bits per heavy atom. The van der Waals surface area contributed by atoms with Gasteiger partial charge in [0, 0.05) is 17.7 Å². The number of rotatable bonds is 4. The summed E-state index contributed by atoms with van der Waals surface area (Å²) in [7, 11) is 1.59. The predicted octanol–water partition coefficient (Wildman–Crippen LogP) is 3.51. The second kappa shape index (κ2) is 6.01. The number of non-ortho nitro benzene ring substituents is 1. The fourth-order valence-corrected chi connectivity index (χ4v) is 2.46. The van der Waals surface area contributed by atoms with E-state index in [0.717, 1.165) is 11.4 Å². The van der Waals surface area contributed by atoms with E-state index in [9.17, 15) is 10.1 Å². The maximum atomic E-state index is 11.0. The van der Waals surface area contributed by atoms with Crippen LogP contribution in [-0.2, 0) is 0 Å². The summed E-state index contributed by atoms with van der Waals surface area (Å²) in [5.74, 6) is 1.23. The molecule has 0 saturated heterocycles. The van der Waals surface area contributed by atoms with Crippen LogP contribution in [0.25, 0.3) is 17.1 Å². The number of hydrogen-bond acceptors (Lipinski definition) is 5. The first-order chi connectivity index (χ1) is 11.1. The second-order valence-corrected chi connectivity index (χ2v) is 5.08. The largest absolute Gasteiger partial charge is 0.497 e. The van der Waals surface area contributed by atoms with Gasteiger partial charge < -0.3 is 4.74 Å². The number of nitro benzene ring substituents is 1. The highest BCUT2D eigenvalue weighted by atomic mass is 32.1. The maximum Gasteiger partial charge on any atom is 0.270 e. The molecule has 7 nitrogen and oxygen atoms in total. The third-order valence-electron chi connectivity index (χ3n) is 3.32. The number of nitrogens with zero attached hydrogens (tertiary/aromatic N) is 3. The van der Waals surface area contributed by atoms with Crippen LogP contribution in [0.5, 0.6) is 5.75 Å². The number of nitrogens with one attached hydrogen (secondary N) is 1. The van der Waals surface area contributed by atoms with Gasteiger partial charge in [-0.3, -0.25) is 19.8 Å². The van der Waals surface area contributed by atoms with Gasteiger partial charge in [-0.25, -0.2) is 0 Å². The van der Waals surface area contributed by atoms with Gasteiger partial charge in [0.15, 0.2) is 10.6 Å². The summed E-state index contributed by atoms with van der Waals surface area (Å²) in [6, 6.07) is 13.5. The van der Waals surface area contributed by atoms with Gasteiger partial charge in [-0.05, 0) is 36.5 Å². The van der Waals surface area contributed by atoms with Crippen molar-refractivity contribution in [2.24, 2.45) is 0 Å². The predicted molar refractivity (Wildman–Crippen MR) is 87.4 cm³/mol. The molecule has 0 saturated carbocycles. The summed E-state index contributed by atoms with van der Waals surface area (Å²) in [4.78, 5) is 10.5. The average Bonchev–Trinajstić information content (AvgIpc) is 2.96. The molecule has 0 radical (unpaired) electrons. The molecule has 0 amide bonds. The molecular weight excluding hydrogens is 316 g/mol. The Morgan fingerprint density at radius 3 is 2.65 bits per heavy atom. The SMILES string of the molecule is COc1ccc(-n2c(-c3cccc([N+](=O)[O-])c3)n[nH]c2=S)cc1. The smallest absolute Gasteiger partial charge is 0.270 e. The number of hydrogen-bond donors (Lipinski definition) is 1. The first-order valence-electron chi connectivity index (χ1n) is 6.67.